The summed E-state index contributed by atoms with van der Waals surface area (Å²) >= 11 is 5.16. The average molecular weight is 196 g/mol. The first-order valence-electron chi connectivity index (χ1n) is 3.20. The fraction of sp³-hybridized carbons (Fsp3) is 0. The zero-order valence-electron chi connectivity index (χ0n) is 5.89. The molecule has 2 aromatic rings. The van der Waals surface area contributed by atoms with Crippen molar-refractivity contribution in [3.8, 4) is 0 Å². The van der Waals surface area contributed by atoms with Gasteiger partial charge >= 0.3 is 0 Å². The lowest BCUT2D eigenvalue weighted by Gasteiger charge is -1.91. The van der Waals surface area contributed by atoms with Crippen molar-refractivity contribution in [3.63, 3.8) is 0 Å². The molecule has 0 atom stereocenters. The van der Waals surface area contributed by atoms with Crippen molar-refractivity contribution >= 4 is 39.3 Å². The van der Waals surface area contributed by atoms with E-state index >= 15 is 0 Å². The molecule has 0 spiro atoms. The minimum atomic E-state index is -0.315. The second-order valence-corrected chi connectivity index (χ2v) is 3.49. The third-order valence-electron chi connectivity index (χ3n) is 1.44. The second-order valence-electron chi connectivity index (χ2n) is 2.19. The number of rotatable bonds is 1. The molecule has 2 aromatic heterocycles. The van der Waals surface area contributed by atoms with Crippen molar-refractivity contribution in [2.24, 2.45) is 0 Å². The molecule has 0 aliphatic rings. The summed E-state index contributed by atoms with van der Waals surface area (Å²) in [6, 6.07) is 1.70. The van der Waals surface area contributed by atoms with E-state index in [0.29, 0.717) is 5.69 Å². The highest BCUT2D eigenvalue weighted by Gasteiger charge is 2.03. The molecule has 60 valence electrons. The lowest BCUT2D eigenvalue weighted by atomic mass is 10.3. The third-order valence-corrected chi connectivity index (χ3v) is 2.46. The van der Waals surface area contributed by atoms with Crippen LogP contribution >= 0.6 is 24.0 Å². The number of hydrogen-bond donors (Lipinski definition) is 1. The van der Waals surface area contributed by atoms with Gasteiger partial charge in [0.2, 0.25) is 5.12 Å². The average Bonchev–Trinajstić information content (AvgIpc) is 2.49. The Kier molecular flexibility index (Phi) is 1.82. The SMILES string of the molecule is O=C(S)c1cc2scnc2cn1. The van der Waals surface area contributed by atoms with Crippen LogP contribution in [0.3, 0.4) is 0 Å². The van der Waals surface area contributed by atoms with E-state index in [1.54, 1.807) is 17.8 Å². The van der Waals surface area contributed by atoms with Gasteiger partial charge < -0.3 is 0 Å². The van der Waals surface area contributed by atoms with Gasteiger partial charge in [-0.05, 0) is 6.07 Å². The Morgan fingerprint density at radius 3 is 3.08 bits per heavy atom. The summed E-state index contributed by atoms with van der Waals surface area (Å²) < 4.78 is 0.961. The van der Waals surface area contributed by atoms with E-state index in [2.05, 4.69) is 22.6 Å². The summed E-state index contributed by atoms with van der Waals surface area (Å²) in [5, 5.41) is -0.315. The van der Waals surface area contributed by atoms with Gasteiger partial charge in [0.1, 0.15) is 5.69 Å². The van der Waals surface area contributed by atoms with Crippen LogP contribution in [0.5, 0.6) is 0 Å². The molecule has 0 aliphatic carbocycles. The molecule has 5 heteroatoms. The number of carbonyl (C=O) groups excluding carboxylic acids is 1. The minimum absolute atomic E-state index is 0.315. The maximum Gasteiger partial charge on any atom is 0.234 e. The van der Waals surface area contributed by atoms with E-state index < -0.39 is 0 Å². The highest BCUT2D eigenvalue weighted by atomic mass is 32.1. The van der Waals surface area contributed by atoms with Crippen LogP contribution in [0.15, 0.2) is 17.8 Å². The van der Waals surface area contributed by atoms with Gasteiger partial charge in [0.25, 0.3) is 0 Å². The predicted molar refractivity (Wildman–Crippen MR) is 50.7 cm³/mol. The Hall–Kier alpha value is -0.940. The molecule has 2 heterocycles. The molecule has 0 radical (unpaired) electrons. The van der Waals surface area contributed by atoms with Crippen LogP contribution in [0.4, 0.5) is 0 Å². The fourth-order valence-electron chi connectivity index (χ4n) is 0.878. The van der Waals surface area contributed by atoms with Crippen LogP contribution in [-0.4, -0.2) is 15.1 Å². The molecule has 0 saturated heterocycles. The van der Waals surface area contributed by atoms with Gasteiger partial charge in [0.05, 0.1) is 21.9 Å². The Balaban J connectivity index is 2.68. The number of aromatic nitrogens is 2. The predicted octanol–water partition coefficient (Wildman–Crippen LogP) is 1.76. The zero-order chi connectivity index (χ0) is 8.55. The molecule has 3 nitrogen and oxygen atoms in total. The highest BCUT2D eigenvalue weighted by molar-refractivity contribution is 7.97. The van der Waals surface area contributed by atoms with Crippen LogP contribution in [0.2, 0.25) is 0 Å². The number of nitrogens with zero attached hydrogens (tertiary/aromatic N) is 2. The Bertz CT molecular complexity index is 438. The van der Waals surface area contributed by atoms with Crippen LogP contribution < -0.4 is 0 Å². The van der Waals surface area contributed by atoms with E-state index in [1.807, 2.05) is 0 Å². The maximum atomic E-state index is 10.8. The quantitative estimate of drug-likeness (QED) is 0.707. The second kappa shape index (κ2) is 2.84. The summed E-state index contributed by atoms with van der Waals surface area (Å²) in [5.74, 6) is 0. The molecule has 0 saturated carbocycles. The van der Waals surface area contributed by atoms with E-state index in [-0.39, 0.29) is 5.12 Å². The lowest BCUT2D eigenvalue weighted by molar-refractivity contribution is 0.108. The van der Waals surface area contributed by atoms with E-state index in [0.717, 1.165) is 10.2 Å². The maximum absolute atomic E-state index is 10.8. The van der Waals surface area contributed by atoms with Crippen molar-refractivity contribution < 1.29 is 4.79 Å². The van der Waals surface area contributed by atoms with Gasteiger partial charge in [-0.3, -0.25) is 4.79 Å². The van der Waals surface area contributed by atoms with Crippen LogP contribution in [-0.2, 0) is 0 Å². The molecule has 0 aromatic carbocycles. The summed E-state index contributed by atoms with van der Waals surface area (Å²) in [5.41, 5.74) is 2.91. The molecule has 2 rings (SSSR count). The normalized spacial score (nSPS) is 10.4. The van der Waals surface area contributed by atoms with Crippen molar-refractivity contribution in [2.75, 3.05) is 0 Å². The number of fused-ring (bicyclic) bond motifs is 1. The summed E-state index contributed by atoms with van der Waals surface area (Å²) in [4.78, 5) is 18.7. The first-order chi connectivity index (χ1) is 5.77. The topological polar surface area (TPSA) is 42.9 Å². The summed E-state index contributed by atoms with van der Waals surface area (Å²) in [6.45, 7) is 0. The number of thiazole rings is 1. The molecular formula is C7H4N2OS2. The number of thiol groups is 1. The standard InChI is InChI=1S/C7H4N2OS2/c10-7(11)4-1-6-5(2-8-4)9-3-12-6/h1-3H,(H,10,11). The number of carbonyl (C=O) groups is 1. The molecule has 0 N–H and O–H groups in total. The van der Waals surface area contributed by atoms with Crippen molar-refractivity contribution in [1.82, 2.24) is 9.97 Å². The molecule has 0 aliphatic heterocycles. The Labute approximate surface area is 77.9 Å². The summed E-state index contributed by atoms with van der Waals surface area (Å²) in [6.07, 6.45) is 1.58. The zero-order valence-corrected chi connectivity index (χ0v) is 7.60. The number of pyridine rings is 1. The lowest BCUT2D eigenvalue weighted by Crippen LogP contribution is -1.91. The Morgan fingerprint density at radius 1 is 1.50 bits per heavy atom. The van der Waals surface area contributed by atoms with Crippen molar-refractivity contribution in [2.45, 2.75) is 0 Å². The van der Waals surface area contributed by atoms with Crippen LogP contribution in [0.25, 0.3) is 10.2 Å². The van der Waals surface area contributed by atoms with E-state index in [9.17, 15) is 4.79 Å². The van der Waals surface area contributed by atoms with Gasteiger partial charge in [0, 0.05) is 0 Å². The first-order valence-corrected chi connectivity index (χ1v) is 4.52. The van der Waals surface area contributed by atoms with Crippen LogP contribution in [0.1, 0.15) is 10.5 Å². The summed E-state index contributed by atoms with van der Waals surface area (Å²) in [7, 11) is 0. The molecule has 12 heavy (non-hydrogen) atoms. The van der Waals surface area contributed by atoms with Gasteiger partial charge in [-0.1, -0.05) is 12.6 Å². The smallest absolute Gasteiger partial charge is 0.234 e. The molecule has 0 fully saturated rings. The van der Waals surface area contributed by atoms with E-state index in [1.165, 1.54) is 11.3 Å². The fourth-order valence-corrected chi connectivity index (χ4v) is 1.69. The Morgan fingerprint density at radius 2 is 2.33 bits per heavy atom. The van der Waals surface area contributed by atoms with Gasteiger partial charge in [-0.25, -0.2) is 9.97 Å². The molecule has 0 amide bonds. The molecular weight excluding hydrogens is 192 g/mol. The van der Waals surface area contributed by atoms with Gasteiger partial charge in [-0.2, -0.15) is 0 Å². The monoisotopic (exact) mass is 196 g/mol. The van der Waals surface area contributed by atoms with Gasteiger partial charge in [0.15, 0.2) is 0 Å². The number of hydrogen-bond acceptors (Lipinski definition) is 4. The molecule has 0 bridgehead atoms. The van der Waals surface area contributed by atoms with E-state index in [4.69, 9.17) is 0 Å². The van der Waals surface area contributed by atoms with Crippen LogP contribution in [0, 0.1) is 0 Å². The van der Waals surface area contributed by atoms with Crippen molar-refractivity contribution in [3.05, 3.63) is 23.5 Å². The first kappa shape index (κ1) is 7.70. The largest absolute Gasteiger partial charge is 0.280 e. The van der Waals surface area contributed by atoms with Crippen molar-refractivity contribution in [1.29, 1.82) is 0 Å². The highest BCUT2D eigenvalue weighted by Crippen LogP contribution is 2.17. The minimum Gasteiger partial charge on any atom is -0.280 e. The third kappa shape index (κ3) is 1.21. The molecule has 0 unspecified atom stereocenters. The van der Waals surface area contributed by atoms with Gasteiger partial charge in [-0.15, -0.1) is 11.3 Å².